The summed E-state index contributed by atoms with van der Waals surface area (Å²) in [6.45, 7) is 0. The molecule has 0 unspecified atom stereocenters. The topological polar surface area (TPSA) is 59.1 Å². The second kappa shape index (κ2) is 6.54. The Labute approximate surface area is 125 Å². The molecular weight excluding hydrogens is 296 g/mol. The summed E-state index contributed by atoms with van der Waals surface area (Å²) in [5, 5.41) is 2.89. The Morgan fingerprint density at radius 2 is 1.90 bits per heavy atom. The van der Waals surface area contributed by atoms with Gasteiger partial charge in [-0.2, -0.15) is 0 Å². The molecule has 0 aliphatic heterocycles. The molecular formula is C14H11ClN2O2S. The summed E-state index contributed by atoms with van der Waals surface area (Å²) in [7, 11) is 0. The van der Waals surface area contributed by atoms with Crippen LogP contribution in [0.3, 0.4) is 0 Å². The lowest BCUT2D eigenvalue weighted by molar-refractivity contribution is 0.102. The fourth-order valence-corrected chi connectivity index (χ4v) is 2.28. The molecule has 2 rings (SSSR count). The average Bonchev–Trinajstić information content (AvgIpc) is 2.47. The summed E-state index contributed by atoms with van der Waals surface area (Å²) in [6.07, 6.45) is 3.50. The molecule has 0 aliphatic carbocycles. The summed E-state index contributed by atoms with van der Waals surface area (Å²) in [5.74, 6) is -0.243. The van der Waals surface area contributed by atoms with Crippen molar-refractivity contribution in [1.82, 2.24) is 4.98 Å². The molecule has 0 aliphatic rings. The van der Waals surface area contributed by atoms with E-state index in [1.54, 1.807) is 42.6 Å². The van der Waals surface area contributed by atoms with Gasteiger partial charge >= 0.3 is 0 Å². The number of benzene rings is 1. The molecule has 102 valence electrons. The summed E-state index contributed by atoms with van der Waals surface area (Å²) in [6, 6.07) is 9.80. The molecule has 0 bridgehead atoms. The minimum Gasteiger partial charge on any atom is -0.322 e. The van der Waals surface area contributed by atoms with E-state index in [0.717, 1.165) is 0 Å². The van der Waals surface area contributed by atoms with Gasteiger partial charge in [-0.05, 0) is 54.3 Å². The zero-order chi connectivity index (χ0) is 14.5. The number of thioether (sulfide) groups is 1. The monoisotopic (exact) mass is 306 g/mol. The van der Waals surface area contributed by atoms with E-state index in [9.17, 15) is 9.59 Å². The minimum atomic E-state index is -0.528. The standard InChI is InChI=1S/C14H11ClN2O2S/c1-20-14-11(3-2-8-16-14)13(19)17-10-6-4-9(5-7-10)12(15)18/h2-8H,1H3,(H,17,19). The fraction of sp³-hybridized carbons (Fsp3) is 0.0714. The number of hydrogen-bond acceptors (Lipinski definition) is 4. The zero-order valence-electron chi connectivity index (χ0n) is 10.6. The number of nitrogens with zero attached hydrogens (tertiary/aromatic N) is 1. The highest BCUT2D eigenvalue weighted by Gasteiger charge is 2.12. The van der Waals surface area contributed by atoms with E-state index in [1.165, 1.54) is 11.8 Å². The smallest absolute Gasteiger partial charge is 0.258 e. The number of anilines is 1. The van der Waals surface area contributed by atoms with E-state index in [-0.39, 0.29) is 5.91 Å². The van der Waals surface area contributed by atoms with Gasteiger partial charge in [-0.3, -0.25) is 9.59 Å². The van der Waals surface area contributed by atoms with Crippen LogP contribution in [0, 0.1) is 0 Å². The van der Waals surface area contributed by atoms with Crippen molar-refractivity contribution in [3.05, 3.63) is 53.7 Å². The Balaban J connectivity index is 2.17. The summed E-state index contributed by atoms with van der Waals surface area (Å²) in [4.78, 5) is 27.2. The average molecular weight is 307 g/mol. The van der Waals surface area contributed by atoms with Gasteiger partial charge in [0.2, 0.25) is 0 Å². The van der Waals surface area contributed by atoms with Crippen LogP contribution in [0.5, 0.6) is 0 Å². The van der Waals surface area contributed by atoms with E-state index >= 15 is 0 Å². The summed E-state index contributed by atoms with van der Waals surface area (Å²) < 4.78 is 0. The molecule has 1 amide bonds. The van der Waals surface area contributed by atoms with E-state index in [2.05, 4.69) is 10.3 Å². The maximum atomic E-state index is 12.2. The Hall–Kier alpha value is -1.85. The van der Waals surface area contributed by atoms with Gasteiger partial charge in [0.25, 0.3) is 11.1 Å². The first kappa shape index (κ1) is 14.6. The van der Waals surface area contributed by atoms with E-state index < -0.39 is 5.24 Å². The number of amides is 1. The van der Waals surface area contributed by atoms with Crippen LogP contribution >= 0.6 is 23.4 Å². The molecule has 1 aromatic carbocycles. The Morgan fingerprint density at radius 1 is 1.20 bits per heavy atom. The largest absolute Gasteiger partial charge is 0.322 e. The third kappa shape index (κ3) is 3.37. The van der Waals surface area contributed by atoms with Crippen LogP contribution in [0.2, 0.25) is 0 Å². The number of aromatic nitrogens is 1. The Bertz CT molecular complexity index is 644. The first-order valence-corrected chi connectivity index (χ1v) is 7.32. The third-order valence-corrected chi connectivity index (χ3v) is 3.51. The van der Waals surface area contributed by atoms with Crippen LogP contribution in [0.15, 0.2) is 47.6 Å². The highest BCUT2D eigenvalue weighted by Crippen LogP contribution is 2.19. The number of rotatable bonds is 4. The molecule has 1 aromatic heterocycles. The zero-order valence-corrected chi connectivity index (χ0v) is 12.2. The van der Waals surface area contributed by atoms with Gasteiger partial charge in [-0.15, -0.1) is 11.8 Å². The molecule has 2 aromatic rings. The normalized spacial score (nSPS) is 10.1. The molecule has 0 fully saturated rings. The number of hydrogen-bond donors (Lipinski definition) is 1. The molecule has 0 saturated heterocycles. The van der Waals surface area contributed by atoms with Crippen molar-refractivity contribution in [2.24, 2.45) is 0 Å². The van der Waals surface area contributed by atoms with Crippen molar-refractivity contribution in [2.75, 3.05) is 11.6 Å². The van der Waals surface area contributed by atoms with Crippen LogP contribution in [-0.2, 0) is 0 Å². The van der Waals surface area contributed by atoms with Crippen LogP contribution in [0.1, 0.15) is 20.7 Å². The number of pyridine rings is 1. The number of carbonyl (C=O) groups is 2. The van der Waals surface area contributed by atoms with Crippen LogP contribution in [0.25, 0.3) is 0 Å². The number of nitrogens with one attached hydrogen (secondary N) is 1. The van der Waals surface area contributed by atoms with Gasteiger partial charge in [0, 0.05) is 17.4 Å². The Morgan fingerprint density at radius 3 is 2.50 bits per heavy atom. The lowest BCUT2D eigenvalue weighted by atomic mass is 10.2. The van der Waals surface area contributed by atoms with Crippen LogP contribution in [-0.4, -0.2) is 22.4 Å². The maximum absolute atomic E-state index is 12.2. The van der Waals surface area contributed by atoms with Crippen LogP contribution in [0.4, 0.5) is 5.69 Å². The molecule has 1 heterocycles. The van der Waals surface area contributed by atoms with E-state index in [0.29, 0.717) is 21.8 Å². The lowest BCUT2D eigenvalue weighted by Crippen LogP contribution is -2.13. The predicted molar refractivity (Wildman–Crippen MR) is 80.6 cm³/mol. The molecule has 0 saturated carbocycles. The SMILES string of the molecule is CSc1ncccc1C(=O)Nc1ccc(C(=O)Cl)cc1. The van der Waals surface area contributed by atoms with Gasteiger partial charge < -0.3 is 5.32 Å². The highest BCUT2D eigenvalue weighted by atomic mass is 35.5. The predicted octanol–water partition coefficient (Wildman–Crippen LogP) is 3.43. The maximum Gasteiger partial charge on any atom is 0.258 e. The Kier molecular flexibility index (Phi) is 4.76. The molecule has 0 atom stereocenters. The van der Waals surface area contributed by atoms with Crippen molar-refractivity contribution in [3.8, 4) is 0 Å². The van der Waals surface area contributed by atoms with E-state index in [1.807, 2.05) is 6.26 Å². The molecule has 6 heteroatoms. The van der Waals surface area contributed by atoms with Gasteiger partial charge in [0.05, 0.1) is 5.56 Å². The number of halogens is 1. The van der Waals surface area contributed by atoms with Gasteiger partial charge in [-0.1, -0.05) is 0 Å². The molecule has 0 spiro atoms. The molecule has 20 heavy (non-hydrogen) atoms. The second-order valence-electron chi connectivity index (χ2n) is 3.87. The molecule has 0 radical (unpaired) electrons. The van der Waals surface area contributed by atoms with Crippen molar-refractivity contribution in [2.45, 2.75) is 5.03 Å². The molecule has 1 N–H and O–H groups in total. The summed E-state index contributed by atoms with van der Waals surface area (Å²) in [5.41, 5.74) is 1.49. The van der Waals surface area contributed by atoms with Crippen molar-refractivity contribution < 1.29 is 9.59 Å². The van der Waals surface area contributed by atoms with Crippen molar-refractivity contribution in [3.63, 3.8) is 0 Å². The lowest BCUT2D eigenvalue weighted by Gasteiger charge is -2.08. The molecule has 4 nitrogen and oxygen atoms in total. The van der Waals surface area contributed by atoms with Crippen molar-refractivity contribution in [1.29, 1.82) is 0 Å². The van der Waals surface area contributed by atoms with Gasteiger partial charge in [0.15, 0.2) is 0 Å². The number of carbonyl (C=O) groups excluding carboxylic acids is 2. The first-order valence-electron chi connectivity index (χ1n) is 5.72. The highest BCUT2D eigenvalue weighted by molar-refractivity contribution is 7.98. The fourth-order valence-electron chi connectivity index (χ4n) is 1.61. The second-order valence-corrected chi connectivity index (χ2v) is 5.00. The quantitative estimate of drug-likeness (QED) is 0.694. The van der Waals surface area contributed by atoms with E-state index in [4.69, 9.17) is 11.6 Å². The van der Waals surface area contributed by atoms with Gasteiger partial charge in [0.1, 0.15) is 5.03 Å². The minimum absolute atomic E-state index is 0.243. The van der Waals surface area contributed by atoms with Crippen molar-refractivity contribution >= 4 is 40.2 Å². The van der Waals surface area contributed by atoms with Gasteiger partial charge in [-0.25, -0.2) is 4.98 Å². The third-order valence-electron chi connectivity index (χ3n) is 2.58. The first-order chi connectivity index (χ1) is 9.61. The summed E-state index contributed by atoms with van der Waals surface area (Å²) >= 11 is 6.77. The van der Waals surface area contributed by atoms with Crippen LogP contribution < -0.4 is 5.32 Å².